The van der Waals surface area contributed by atoms with Gasteiger partial charge in [-0.1, -0.05) is 26.0 Å². The van der Waals surface area contributed by atoms with Gasteiger partial charge in [0.15, 0.2) is 11.5 Å². The van der Waals surface area contributed by atoms with Crippen LogP contribution in [-0.4, -0.2) is 41.0 Å². The van der Waals surface area contributed by atoms with Gasteiger partial charge in [0.25, 0.3) is 5.91 Å². The van der Waals surface area contributed by atoms with E-state index in [1.807, 2.05) is 37.9 Å². The minimum absolute atomic E-state index is 0.135. The van der Waals surface area contributed by atoms with Crippen LogP contribution in [0.25, 0.3) is 0 Å². The summed E-state index contributed by atoms with van der Waals surface area (Å²) in [7, 11) is 1.52. The SMILES string of the molecule is CC.COc1cc(C(=O)N2CCC(c3cnc(N)cc3C)CC2)ncc1OCc1ccc(F)cc1. The number of nitrogen functional groups attached to an aromatic ring is 1. The predicted octanol–water partition coefficient (Wildman–Crippen LogP) is 5.14. The third-order valence-electron chi connectivity index (χ3n) is 5.97. The minimum atomic E-state index is -0.301. The monoisotopic (exact) mass is 480 g/mol. The largest absolute Gasteiger partial charge is 0.493 e. The number of pyridine rings is 2. The van der Waals surface area contributed by atoms with Crippen LogP contribution in [0.1, 0.15) is 59.8 Å². The molecule has 1 aromatic carbocycles. The van der Waals surface area contributed by atoms with Crippen LogP contribution in [0.5, 0.6) is 11.5 Å². The quantitative estimate of drug-likeness (QED) is 0.525. The van der Waals surface area contributed by atoms with Crippen LogP contribution in [0.3, 0.4) is 0 Å². The highest BCUT2D eigenvalue weighted by Gasteiger charge is 2.27. The van der Waals surface area contributed by atoms with Crippen LogP contribution in [0.15, 0.2) is 48.8 Å². The number of halogens is 1. The second kappa shape index (κ2) is 12.1. The average molecular weight is 481 g/mol. The molecule has 186 valence electrons. The van der Waals surface area contributed by atoms with Gasteiger partial charge in [-0.2, -0.15) is 0 Å². The number of nitrogens with zero attached hydrogens (tertiary/aromatic N) is 3. The molecule has 1 saturated heterocycles. The Bertz CT molecular complexity index is 1130. The van der Waals surface area contributed by atoms with E-state index in [1.165, 1.54) is 31.0 Å². The smallest absolute Gasteiger partial charge is 0.272 e. The van der Waals surface area contributed by atoms with Crippen molar-refractivity contribution in [3.63, 3.8) is 0 Å². The fraction of sp³-hybridized carbons (Fsp3) is 0.370. The first-order chi connectivity index (χ1) is 16.9. The van der Waals surface area contributed by atoms with Gasteiger partial charge in [0.2, 0.25) is 0 Å². The molecular formula is C27H33FN4O3. The summed E-state index contributed by atoms with van der Waals surface area (Å²) in [5.74, 6) is 1.28. The maximum absolute atomic E-state index is 13.1. The Labute approximate surface area is 206 Å². The highest BCUT2D eigenvalue weighted by Crippen LogP contribution is 2.32. The minimum Gasteiger partial charge on any atom is -0.493 e. The molecule has 0 aliphatic carbocycles. The van der Waals surface area contributed by atoms with Gasteiger partial charge in [0.05, 0.1) is 13.3 Å². The van der Waals surface area contributed by atoms with E-state index in [0.717, 1.165) is 24.0 Å². The lowest BCUT2D eigenvalue weighted by Gasteiger charge is -2.32. The second-order valence-electron chi connectivity index (χ2n) is 8.17. The van der Waals surface area contributed by atoms with Gasteiger partial charge in [0.1, 0.15) is 23.9 Å². The first kappa shape index (κ1) is 25.9. The summed E-state index contributed by atoms with van der Waals surface area (Å²) in [6.45, 7) is 7.56. The van der Waals surface area contributed by atoms with Crippen molar-refractivity contribution in [1.29, 1.82) is 0 Å². The van der Waals surface area contributed by atoms with Crippen LogP contribution in [0.2, 0.25) is 0 Å². The summed E-state index contributed by atoms with van der Waals surface area (Å²) in [5.41, 5.74) is 9.22. The van der Waals surface area contributed by atoms with Gasteiger partial charge in [-0.05, 0) is 60.6 Å². The molecule has 0 radical (unpaired) electrons. The van der Waals surface area contributed by atoms with Crippen molar-refractivity contribution in [3.05, 3.63) is 77.0 Å². The first-order valence-electron chi connectivity index (χ1n) is 11.9. The zero-order valence-electron chi connectivity index (χ0n) is 20.8. The van der Waals surface area contributed by atoms with Gasteiger partial charge in [-0.3, -0.25) is 4.79 Å². The standard InChI is InChI=1S/C25H27FN4O3.C2H6/c1-16-11-24(27)29-13-20(16)18-7-9-30(10-8-18)25(31)21-12-22(32-2)23(14-28-21)33-15-17-3-5-19(26)6-4-17;1-2/h3-6,11-14,18H,7-10,15H2,1-2H3,(H2,27,29);1-2H3. The molecule has 4 rings (SSSR count). The molecule has 35 heavy (non-hydrogen) atoms. The summed E-state index contributed by atoms with van der Waals surface area (Å²) in [5, 5.41) is 0. The Kier molecular flexibility index (Phi) is 9.00. The molecule has 0 unspecified atom stereocenters. The van der Waals surface area contributed by atoms with Gasteiger partial charge in [0, 0.05) is 25.4 Å². The number of likely N-dealkylation sites (tertiary alicyclic amines) is 1. The lowest BCUT2D eigenvalue weighted by atomic mass is 9.88. The summed E-state index contributed by atoms with van der Waals surface area (Å²) in [6.07, 6.45) is 5.05. The van der Waals surface area contributed by atoms with Crippen molar-refractivity contribution >= 4 is 11.7 Å². The molecule has 2 aromatic heterocycles. The van der Waals surface area contributed by atoms with E-state index in [2.05, 4.69) is 9.97 Å². The molecule has 1 aliphatic heterocycles. The topological polar surface area (TPSA) is 90.6 Å². The fourth-order valence-electron chi connectivity index (χ4n) is 4.12. The van der Waals surface area contributed by atoms with Crippen molar-refractivity contribution in [2.45, 2.75) is 46.1 Å². The molecule has 2 N–H and O–H groups in total. The predicted molar refractivity (Wildman–Crippen MR) is 134 cm³/mol. The molecule has 0 atom stereocenters. The number of ether oxygens (including phenoxy) is 2. The van der Waals surface area contributed by atoms with E-state index in [1.54, 1.807) is 18.2 Å². The number of nitrogens with two attached hydrogens (primary N) is 1. The number of benzene rings is 1. The number of carbonyl (C=O) groups is 1. The highest BCUT2D eigenvalue weighted by molar-refractivity contribution is 5.93. The Morgan fingerprint density at radius 3 is 2.40 bits per heavy atom. The number of amides is 1. The number of hydrogen-bond acceptors (Lipinski definition) is 6. The zero-order chi connectivity index (χ0) is 25.4. The molecule has 0 spiro atoms. The lowest BCUT2D eigenvalue weighted by molar-refractivity contribution is 0.0706. The van der Waals surface area contributed by atoms with E-state index in [0.29, 0.717) is 42.0 Å². The highest BCUT2D eigenvalue weighted by atomic mass is 19.1. The Morgan fingerprint density at radius 1 is 1.09 bits per heavy atom. The number of hydrogen-bond donors (Lipinski definition) is 1. The molecule has 8 heteroatoms. The molecule has 1 amide bonds. The van der Waals surface area contributed by atoms with Crippen LogP contribution in [0, 0.1) is 12.7 Å². The van der Waals surface area contributed by atoms with E-state index in [9.17, 15) is 9.18 Å². The summed E-state index contributed by atoms with van der Waals surface area (Å²) >= 11 is 0. The Balaban J connectivity index is 0.00000167. The van der Waals surface area contributed by atoms with Crippen molar-refractivity contribution in [1.82, 2.24) is 14.9 Å². The van der Waals surface area contributed by atoms with Crippen molar-refractivity contribution in [3.8, 4) is 11.5 Å². The number of methoxy groups -OCH3 is 1. The average Bonchev–Trinajstić information content (AvgIpc) is 2.89. The number of rotatable bonds is 6. The summed E-state index contributed by atoms with van der Waals surface area (Å²) < 4.78 is 24.3. The number of anilines is 1. The molecule has 3 heterocycles. The molecule has 1 fully saturated rings. The summed E-state index contributed by atoms with van der Waals surface area (Å²) in [6, 6.07) is 9.55. The Morgan fingerprint density at radius 2 is 1.77 bits per heavy atom. The number of aryl methyl sites for hydroxylation is 1. The van der Waals surface area contributed by atoms with Crippen LogP contribution < -0.4 is 15.2 Å². The van der Waals surface area contributed by atoms with Crippen molar-refractivity contribution < 1.29 is 18.7 Å². The lowest BCUT2D eigenvalue weighted by Crippen LogP contribution is -2.38. The van der Waals surface area contributed by atoms with Gasteiger partial charge in [-0.25, -0.2) is 14.4 Å². The maximum Gasteiger partial charge on any atom is 0.272 e. The normalized spacial score (nSPS) is 13.6. The number of aromatic nitrogens is 2. The summed E-state index contributed by atoms with van der Waals surface area (Å²) in [4.78, 5) is 23.4. The second-order valence-corrected chi connectivity index (χ2v) is 8.17. The molecule has 3 aromatic rings. The van der Waals surface area contributed by atoms with E-state index >= 15 is 0 Å². The molecule has 0 bridgehead atoms. The molecule has 1 aliphatic rings. The maximum atomic E-state index is 13.1. The van der Waals surface area contributed by atoms with Gasteiger partial charge >= 0.3 is 0 Å². The third-order valence-corrected chi connectivity index (χ3v) is 5.97. The fourth-order valence-corrected chi connectivity index (χ4v) is 4.12. The van der Waals surface area contributed by atoms with Crippen molar-refractivity contribution in [2.24, 2.45) is 0 Å². The van der Waals surface area contributed by atoms with Gasteiger partial charge < -0.3 is 20.1 Å². The van der Waals surface area contributed by atoms with Crippen LogP contribution >= 0.6 is 0 Å². The Hall–Kier alpha value is -3.68. The first-order valence-corrected chi connectivity index (χ1v) is 11.9. The van der Waals surface area contributed by atoms with Gasteiger partial charge in [-0.15, -0.1) is 0 Å². The number of carbonyl (C=O) groups excluding carboxylic acids is 1. The van der Waals surface area contributed by atoms with E-state index in [4.69, 9.17) is 15.2 Å². The van der Waals surface area contributed by atoms with Crippen LogP contribution in [0.4, 0.5) is 10.2 Å². The number of piperidine rings is 1. The van der Waals surface area contributed by atoms with Crippen molar-refractivity contribution in [2.75, 3.05) is 25.9 Å². The molecule has 0 saturated carbocycles. The van der Waals surface area contributed by atoms with E-state index in [-0.39, 0.29) is 18.3 Å². The third kappa shape index (κ3) is 6.47. The van der Waals surface area contributed by atoms with Crippen LogP contribution in [-0.2, 0) is 6.61 Å². The zero-order valence-corrected chi connectivity index (χ0v) is 20.8. The molecule has 7 nitrogen and oxygen atoms in total. The molecular weight excluding hydrogens is 447 g/mol. The van der Waals surface area contributed by atoms with E-state index < -0.39 is 0 Å².